The standard InChI is InChI=1S/C13H18F3N3O3/c1-8(2)12(3,6-11(21)22)17-10(20)7-19-5-4-9(18-19)13(14,15)16/h4-5,8H,6-7H2,1-3H3,(H,17,20)(H,21,22). The number of carbonyl (C=O) groups is 2. The first-order valence-corrected chi connectivity index (χ1v) is 6.57. The van der Waals surface area contributed by atoms with Crippen LogP contribution in [0.1, 0.15) is 32.9 Å². The molecule has 9 heteroatoms. The quantitative estimate of drug-likeness (QED) is 0.838. The van der Waals surface area contributed by atoms with E-state index in [-0.39, 0.29) is 12.3 Å². The van der Waals surface area contributed by atoms with E-state index in [9.17, 15) is 22.8 Å². The fourth-order valence-electron chi connectivity index (χ4n) is 1.81. The van der Waals surface area contributed by atoms with Gasteiger partial charge in [0, 0.05) is 6.20 Å². The highest BCUT2D eigenvalue weighted by Gasteiger charge is 2.35. The molecule has 1 rings (SSSR count). The number of carboxylic acids is 1. The van der Waals surface area contributed by atoms with E-state index in [1.807, 2.05) is 0 Å². The molecule has 0 saturated heterocycles. The zero-order valence-electron chi connectivity index (χ0n) is 12.4. The summed E-state index contributed by atoms with van der Waals surface area (Å²) >= 11 is 0. The summed E-state index contributed by atoms with van der Waals surface area (Å²) in [7, 11) is 0. The van der Waals surface area contributed by atoms with Gasteiger partial charge >= 0.3 is 12.1 Å². The molecule has 22 heavy (non-hydrogen) atoms. The Morgan fingerprint density at radius 1 is 1.41 bits per heavy atom. The lowest BCUT2D eigenvalue weighted by molar-refractivity contribution is -0.142. The Hall–Kier alpha value is -2.06. The van der Waals surface area contributed by atoms with Gasteiger partial charge in [0.15, 0.2) is 5.69 Å². The molecule has 0 saturated carbocycles. The Balaban J connectivity index is 2.76. The molecule has 1 aromatic heterocycles. The van der Waals surface area contributed by atoms with Gasteiger partial charge in [0.1, 0.15) is 6.54 Å². The van der Waals surface area contributed by atoms with Crippen molar-refractivity contribution >= 4 is 11.9 Å². The molecular formula is C13H18F3N3O3. The van der Waals surface area contributed by atoms with Gasteiger partial charge in [-0.15, -0.1) is 0 Å². The van der Waals surface area contributed by atoms with Crippen LogP contribution >= 0.6 is 0 Å². The average molecular weight is 321 g/mol. The molecule has 0 aliphatic heterocycles. The number of alkyl halides is 3. The summed E-state index contributed by atoms with van der Waals surface area (Å²) in [5.74, 6) is -1.85. The molecule has 0 bridgehead atoms. The Bertz CT molecular complexity index is 554. The molecule has 124 valence electrons. The molecular weight excluding hydrogens is 303 g/mol. The van der Waals surface area contributed by atoms with Crippen LogP contribution in [0.3, 0.4) is 0 Å². The Morgan fingerprint density at radius 2 is 2.00 bits per heavy atom. The zero-order chi connectivity index (χ0) is 17.1. The average Bonchev–Trinajstić information content (AvgIpc) is 2.75. The lowest BCUT2D eigenvalue weighted by Gasteiger charge is -2.33. The first-order chi connectivity index (χ1) is 9.94. The van der Waals surface area contributed by atoms with Crippen LogP contribution in [0.25, 0.3) is 0 Å². The highest BCUT2D eigenvalue weighted by atomic mass is 19.4. The second kappa shape index (κ2) is 6.37. The van der Waals surface area contributed by atoms with E-state index in [2.05, 4.69) is 10.4 Å². The topological polar surface area (TPSA) is 84.2 Å². The summed E-state index contributed by atoms with van der Waals surface area (Å²) < 4.78 is 38.1. The lowest BCUT2D eigenvalue weighted by atomic mass is 9.85. The molecule has 0 spiro atoms. The maximum atomic E-state index is 12.4. The van der Waals surface area contributed by atoms with Gasteiger partial charge in [-0.05, 0) is 18.9 Å². The highest BCUT2D eigenvalue weighted by Crippen LogP contribution is 2.27. The highest BCUT2D eigenvalue weighted by molar-refractivity contribution is 5.78. The maximum Gasteiger partial charge on any atom is 0.435 e. The molecule has 0 aliphatic carbocycles. The third-order valence-corrected chi connectivity index (χ3v) is 3.45. The zero-order valence-corrected chi connectivity index (χ0v) is 12.4. The number of halogens is 3. The van der Waals surface area contributed by atoms with Crippen LogP contribution < -0.4 is 5.32 Å². The van der Waals surface area contributed by atoms with Crippen molar-refractivity contribution in [3.8, 4) is 0 Å². The van der Waals surface area contributed by atoms with Crippen molar-refractivity contribution in [2.24, 2.45) is 5.92 Å². The molecule has 1 heterocycles. The van der Waals surface area contributed by atoms with Gasteiger partial charge in [0.25, 0.3) is 0 Å². The van der Waals surface area contributed by atoms with E-state index in [4.69, 9.17) is 5.11 Å². The van der Waals surface area contributed by atoms with Crippen LogP contribution in [-0.2, 0) is 22.3 Å². The van der Waals surface area contributed by atoms with E-state index >= 15 is 0 Å². The van der Waals surface area contributed by atoms with Crippen LogP contribution in [-0.4, -0.2) is 32.3 Å². The number of carbonyl (C=O) groups excluding carboxylic acids is 1. The van der Waals surface area contributed by atoms with E-state index in [0.717, 1.165) is 16.9 Å². The molecule has 6 nitrogen and oxygen atoms in total. The normalized spacial score (nSPS) is 14.7. The second-order valence-electron chi connectivity index (χ2n) is 5.59. The molecule has 0 aromatic carbocycles. The predicted molar refractivity (Wildman–Crippen MR) is 70.9 cm³/mol. The summed E-state index contributed by atoms with van der Waals surface area (Å²) in [6.07, 6.45) is -3.81. The number of aliphatic carboxylic acids is 1. The van der Waals surface area contributed by atoms with Crippen LogP contribution in [0, 0.1) is 5.92 Å². The van der Waals surface area contributed by atoms with Crippen LogP contribution in [0.2, 0.25) is 0 Å². The van der Waals surface area contributed by atoms with Gasteiger partial charge in [0.2, 0.25) is 5.91 Å². The lowest BCUT2D eigenvalue weighted by Crippen LogP contribution is -2.52. The second-order valence-corrected chi connectivity index (χ2v) is 5.59. The molecule has 1 unspecified atom stereocenters. The first kappa shape index (κ1) is 18.0. The Labute approximate surface area is 125 Å². The largest absolute Gasteiger partial charge is 0.481 e. The number of amides is 1. The third-order valence-electron chi connectivity index (χ3n) is 3.45. The number of nitrogens with zero attached hydrogens (tertiary/aromatic N) is 2. The molecule has 0 fully saturated rings. The summed E-state index contributed by atoms with van der Waals surface area (Å²) in [5, 5.41) is 14.7. The monoisotopic (exact) mass is 321 g/mol. The maximum absolute atomic E-state index is 12.4. The van der Waals surface area contributed by atoms with Crippen molar-refractivity contribution in [3.05, 3.63) is 18.0 Å². The molecule has 1 atom stereocenters. The van der Waals surface area contributed by atoms with E-state index < -0.39 is 35.8 Å². The van der Waals surface area contributed by atoms with E-state index in [1.54, 1.807) is 20.8 Å². The minimum absolute atomic E-state index is 0.170. The number of rotatable bonds is 6. The fourth-order valence-corrected chi connectivity index (χ4v) is 1.81. The number of aromatic nitrogens is 2. The van der Waals surface area contributed by atoms with E-state index in [1.165, 1.54) is 0 Å². The van der Waals surface area contributed by atoms with Crippen molar-refractivity contribution in [1.29, 1.82) is 0 Å². The van der Waals surface area contributed by atoms with Gasteiger partial charge < -0.3 is 10.4 Å². The van der Waals surface area contributed by atoms with Crippen molar-refractivity contribution in [3.63, 3.8) is 0 Å². The van der Waals surface area contributed by atoms with Gasteiger partial charge in [-0.1, -0.05) is 13.8 Å². The SMILES string of the molecule is CC(C)C(C)(CC(=O)O)NC(=O)Cn1ccc(C(F)(F)F)n1. The van der Waals surface area contributed by atoms with Gasteiger partial charge in [-0.3, -0.25) is 14.3 Å². The number of carboxylic acid groups (broad SMARTS) is 1. The van der Waals surface area contributed by atoms with Gasteiger partial charge in [0.05, 0.1) is 12.0 Å². The molecule has 2 N–H and O–H groups in total. The van der Waals surface area contributed by atoms with Crippen molar-refractivity contribution < 1.29 is 27.9 Å². The number of hydrogen-bond acceptors (Lipinski definition) is 3. The van der Waals surface area contributed by atoms with Crippen molar-refractivity contribution in [2.75, 3.05) is 0 Å². The number of nitrogens with one attached hydrogen (secondary N) is 1. The first-order valence-electron chi connectivity index (χ1n) is 6.57. The Kier molecular flexibility index (Phi) is 5.21. The van der Waals surface area contributed by atoms with Crippen LogP contribution in [0.4, 0.5) is 13.2 Å². The molecule has 0 aliphatic rings. The molecule has 1 aromatic rings. The number of hydrogen-bond donors (Lipinski definition) is 2. The van der Waals surface area contributed by atoms with Gasteiger partial charge in [-0.25, -0.2) is 0 Å². The Morgan fingerprint density at radius 3 is 2.41 bits per heavy atom. The van der Waals surface area contributed by atoms with E-state index in [0.29, 0.717) is 0 Å². The van der Waals surface area contributed by atoms with Crippen molar-refractivity contribution in [1.82, 2.24) is 15.1 Å². The van der Waals surface area contributed by atoms with Crippen LogP contribution in [0.15, 0.2) is 12.3 Å². The minimum atomic E-state index is -4.57. The summed E-state index contributed by atoms with van der Waals surface area (Å²) in [6.45, 7) is 4.66. The summed E-state index contributed by atoms with van der Waals surface area (Å²) in [4.78, 5) is 22.8. The van der Waals surface area contributed by atoms with Gasteiger partial charge in [-0.2, -0.15) is 18.3 Å². The smallest absolute Gasteiger partial charge is 0.435 e. The minimum Gasteiger partial charge on any atom is -0.481 e. The summed E-state index contributed by atoms with van der Waals surface area (Å²) in [6, 6.07) is 0.770. The third kappa shape index (κ3) is 4.74. The summed E-state index contributed by atoms with van der Waals surface area (Å²) in [5.41, 5.74) is -2.08. The van der Waals surface area contributed by atoms with Crippen LogP contribution in [0.5, 0.6) is 0 Å². The predicted octanol–water partition coefficient (Wildman–Crippen LogP) is 1.91. The molecule has 1 amide bonds. The molecule has 0 radical (unpaired) electrons. The fraction of sp³-hybridized carbons (Fsp3) is 0.615. The van der Waals surface area contributed by atoms with Crippen molar-refractivity contribution in [2.45, 2.75) is 45.5 Å².